The highest BCUT2D eigenvalue weighted by atomic mass is 32.2. The van der Waals surface area contributed by atoms with E-state index in [9.17, 15) is 0 Å². The first kappa shape index (κ1) is 11.4. The molecule has 78 valence electrons. The molecule has 1 atom stereocenters. The molecule has 0 saturated heterocycles. The third kappa shape index (κ3) is 3.24. The van der Waals surface area contributed by atoms with Gasteiger partial charge in [0.05, 0.1) is 6.61 Å². The molecule has 2 N–H and O–H groups in total. The summed E-state index contributed by atoms with van der Waals surface area (Å²) >= 11 is 1.82. The summed E-state index contributed by atoms with van der Waals surface area (Å²) in [6.07, 6.45) is 0. The fourth-order valence-corrected chi connectivity index (χ4v) is 2.32. The van der Waals surface area contributed by atoms with Gasteiger partial charge >= 0.3 is 0 Å². The van der Waals surface area contributed by atoms with Crippen LogP contribution in [0, 0.1) is 6.92 Å². The summed E-state index contributed by atoms with van der Waals surface area (Å²) in [5, 5.41) is 0.474. The van der Waals surface area contributed by atoms with Crippen molar-refractivity contribution in [1.29, 1.82) is 0 Å². The molecule has 0 aromatic heterocycles. The van der Waals surface area contributed by atoms with Crippen LogP contribution in [0.25, 0.3) is 0 Å². The Morgan fingerprint density at radius 2 is 2.21 bits per heavy atom. The molecule has 0 aliphatic carbocycles. The van der Waals surface area contributed by atoms with Crippen LogP contribution in [-0.4, -0.2) is 19.0 Å². The predicted octanol–water partition coefficient (Wildman–Crippen LogP) is 2.70. The molecule has 2 nitrogen and oxygen atoms in total. The van der Waals surface area contributed by atoms with Crippen LogP contribution < -0.4 is 5.73 Å². The molecule has 1 aromatic carbocycles. The minimum atomic E-state index is 0.474. The van der Waals surface area contributed by atoms with Gasteiger partial charge in [-0.2, -0.15) is 0 Å². The van der Waals surface area contributed by atoms with Crippen molar-refractivity contribution in [2.75, 3.05) is 19.5 Å². The van der Waals surface area contributed by atoms with Crippen LogP contribution in [-0.2, 0) is 4.74 Å². The lowest BCUT2D eigenvalue weighted by Crippen LogP contribution is -2.05. The molecule has 0 saturated carbocycles. The lowest BCUT2D eigenvalue weighted by atomic mass is 10.2. The molecule has 0 bridgehead atoms. The fourth-order valence-electron chi connectivity index (χ4n) is 1.29. The van der Waals surface area contributed by atoms with Gasteiger partial charge in [0, 0.05) is 22.9 Å². The molecule has 0 spiro atoms. The Labute approximate surface area is 89.8 Å². The summed E-state index contributed by atoms with van der Waals surface area (Å²) in [7, 11) is 1.73. The summed E-state index contributed by atoms with van der Waals surface area (Å²) in [5.41, 5.74) is 7.74. The standard InChI is InChI=1S/C11H17NOS/c1-8-6-10(12)4-5-11(8)14-9(2)7-13-3/h4-6,9H,7,12H2,1-3H3. The number of ether oxygens (including phenoxy) is 1. The highest BCUT2D eigenvalue weighted by Gasteiger charge is 2.06. The zero-order valence-electron chi connectivity index (χ0n) is 8.91. The normalized spacial score (nSPS) is 12.8. The number of rotatable bonds is 4. The van der Waals surface area contributed by atoms with Crippen molar-refractivity contribution in [3.63, 3.8) is 0 Å². The second kappa shape index (κ2) is 5.27. The summed E-state index contributed by atoms with van der Waals surface area (Å²) in [4.78, 5) is 1.28. The van der Waals surface area contributed by atoms with E-state index in [0.29, 0.717) is 5.25 Å². The maximum absolute atomic E-state index is 5.68. The minimum absolute atomic E-state index is 0.474. The zero-order valence-corrected chi connectivity index (χ0v) is 9.73. The van der Waals surface area contributed by atoms with Gasteiger partial charge in [-0.05, 0) is 30.7 Å². The highest BCUT2D eigenvalue weighted by Crippen LogP contribution is 2.27. The largest absolute Gasteiger partial charge is 0.399 e. The second-order valence-electron chi connectivity index (χ2n) is 3.41. The lowest BCUT2D eigenvalue weighted by Gasteiger charge is -2.12. The third-order valence-electron chi connectivity index (χ3n) is 1.93. The smallest absolute Gasteiger partial charge is 0.0582 e. The van der Waals surface area contributed by atoms with Crippen molar-refractivity contribution in [2.24, 2.45) is 0 Å². The Kier molecular flexibility index (Phi) is 4.29. The van der Waals surface area contributed by atoms with E-state index in [0.717, 1.165) is 12.3 Å². The third-order valence-corrected chi connectivity index (χ3v) is 3.18. The summed E-state index contributed by atoms with van der Waals surface area (Å²) in [6.45, 7) is 5.01. The van der Waals surface area contributed by atoms with Gasteiger partial charge in [0.15, 0.2) is 0 Å². The molecule has 0 fully saturated rings. The molecule has 1 aromatic rings. The summed E-state index contributed by atoms with van der Waals surface area (Å²) in [5.74, 6) is 0. The number of hydrogen-bond acceptors (Lipinski definition) is 3. The van der Waals surface area contributed by atoms with Gasteiger partial charge in [-0.15, -0.1) is 11.8 Å². The van der Waals surface area contributed by atoms with Crippen LogP contribution in [0.2, 0.25) is 0 Å². The molecule has 0 heterocycles. The molecule has 14 heavy (non-hydrogen) atoms. The molecule has 0 radical (unpaired) electrons. The van der Waals surface area contributed by atoms with Crippen LogP contribution in [0.4, 0.5) is 5.69 Å². The number of nitrogens with two attached hydrogens (primary N) is 1. The Morgan fingerprint density at radius 3 is 2.79 bits per heavy atom. The fraction of sp³-hybridized carbons (Fsp3) is 0.455. The molecule has 0 amide bonds. The molecular formula is C11H17NOS. The van der Waals surface area contributed by atoms with Crippen molar-refractivity contribution < 1.29 is 4.74 Å². The monoisotopic (exact) mass is 211 g/mol. The van der Waals surface area contributed by atoms with E-state index >= 15 is 0 Å². The Morgan fingerprint density at radius 1 is 1.50 bits per heavy atom. The van der Waals surface area contributed by atoms with Gasteiger partial charge in [-0.1, -0.05) is 6.92 Å². The second-order valence-corrected chi connectivity index (χ2v) is 4.89. The zero-order chi connectivity index (χ0) is 10.6. The average Bonchev–Trinajstić information content (AvgIpc) is 2.10. The van der Waals surface area contributed by atoms with Gasteiger partial charge in [-0.3, -0.25) is 0 Å². The van der Waals surface area contributed by atoms with Crippen LogP contribution >= 0.6 is 11.8 Å². The van der Waals surface area contributed by atoms with Gasteiger partial charge in [0.25, 0.3) is 0 Å². The van der Waals surface area contributed by atoms with Gasteiger partial charge in [0.1, 0.15) is 0 Å². The maximum Gasteiger partial charge on any atom is 0.0582 e. The van der Waals surface area contributed by atoms with Crippen LogP contribution in [0.5, 0.6) is 0 Å². The topological polar surface area (TPSA) is 35.2 Å². The van der Waals surface area contributed by atoms with E-state index < -0.39 is 0 Å². The predicted molar refractivity (Wildman–Crippen MR) is 62.8 cm³/mol. The molecule has 0 aliphatic rings. The van der Waals surface area contributed by atoms with Crippen molar-refractivity contribution in [3.8, 4) is 0 Å². The summed E-state index contributed by atoms with van der Waals surface area (Å²) < 4.78 is 5.09. The van der Waals surface area contributed by atoms with E-state index in [1.54, 1.807) is 7.11 Å². The van der Waals surface area contributed by atoms with Gasteiger partial charge < -0.3 is 10.5 Å². The quantitative estimate of drug-likeness (QED) is 0.614. The van der Waals surface area contributed by atoms with Crippen LogP contribution in [0.1, 0.15) is 12.5 Å². The van der Waals surface area contributed by atoms with Gasteiger partial charge in [0.2, 0.25) is 0 Å². The number of thioether (sulfide) groups is 1. The number of anilines is 1. The van der Waals surface area contributed by atoms with Gasteiger partial charge in [-0.25, -0.2) is 0 Å². The number of methoxy groups -OCH3 is 1. The Balaban J connectivity index is 2.67. The molecule has 1 rings (SSSR count). The maximum atomic E-state index is 5.68. The molecule has 0 aliphatic heterocycles. The number of aryl methyl sites for hydroxylation is 1. The van der Waals surface area contributed by atoms with E-state index in [1.807, 2.05) is 23.9 Å². The SMILES string of the molecule is COCC(C)Sc1ccc(N)cc1C. The first-order chi connectivity index (χ1) is 6.63. The number of hydrogen-bond donors (Lipinski definition) is 1. The highest BCUT2D eigenvalue weighted by molar-refractivity contribution is 8.00. The Bertz CT molecular complexity index is 301. The van der Waals surface area contributed by atoms with Crippen molar-refractivity contribution in [3.05, 3.63) is 23.8 Å². The van der Waals surface area contributed by atoms with Crippen LogP contribution in [0.3, 0.4) is 0 Å². The molecule has 1 unspecified atom stereocenters. The molecular weight excluding hydrogens is 194 g/mol. The van der Waals surface area contributed by atoms with Crippen molar-refractivity contribution in [2.45, 2.75) is 24.0 Å². The average molecular weight is 211 g/mol. The number of benzene rings is 1. The lowest BCUT2D eigenvalue weighted by molar-refractivity contribution is 0.203. The molecule has 3 heteroatoms. The van der Waals surface area contributed by atoms with E-state index in [1.165, 1.54) is 10.5 Å². The van der Waals surface area contributed by atoms with Crippen molar-refractivity contribution in [1.82, 2.24) is 0 Å². The first-order valence-electron chi connectivity index (χ1n) is 4.65. The van der Waals surface area contributed by atoms with Crippen molar-refractivity contribution >= 4 is 17.4 Å². The van der Waals surface area contributed by atoms with E-state index in [2.05, 4.69) is 19.9 Å². The van der Waals surface area contributed by atoms with E-state index in [4.69, 9.17) is 10.5 Å². The number of nitrogen functional groups attached to an aromatic ring is 1. The summed E-state index contributed by atoms with van der Waals surface area (Å²) in [6, 6.07) is 6.01. The van der Waals surface area contributed by atoms with Crippen LogP contribution in [0.15, 0.2) is 23.1 Å². The minimum Gasteiger partial charge on any atom is -0.399 e. The van der Waals surface area contributed by atoms with E-state index in [-0.39, 0.29) is 0 Å². The first-order valence-corrected chi connectivity index (χ1v) is 5.53. The Hall–Kier alpha value is -0.670.